The molecule has 2 amide bonds. The predicted molar refractivity (Wildman–Crippen MR) is 97.6 cm³/mol. The molecule has 6 rings (SSSR count). The highest BCUT2D eigenvalue weighted by atomic mass is 16.5. The Kier molecular flexibility index (Phi) is 3.43. The smallest absolute Gasteiger partial charge is 0.334 e. The van der Waals surface area contributed by atoms with Gasteiger partial charge < -0.3 is 4.74 Å². The van der Waals surface area contributed by atoms with Crippen LogP contribution in [0.25, 0.3) is 0 Å². The van der Waals surface area contributed by atoms with Gasteiger partial charge in [0.1, 0.15) is 11.8 Å². The Bertz CT molecular complexity index is 868. The summed E-state index contributed by atoms with van der Waals surface area (Å²) in [5.74, 6) is 0.383. The zero-order valence-electron chi connectivity index (χ0n) is 15.7. The van der Waals surface area contributed by atoms with Crippen molar-refractivity contribution in [3.05, 3.63) is 41.5 Å². The number of allylic oxidation sites excluding steroid dienone is 2. The highest BCUT2D eigenvalue weighted by Gasteiger charge is 2.67. The van der Waals surface area contributed by atoms with Gasteiger partial charge in [0.15, 0.2) is 0 Å². The number of nitrogens with zero attached hydrogens (tertiary/aromatic N) is 1. The van der Waals surface area contributed by atoms with E-state index >= 15 is 0 Å². The minimum absolute atomic E-state index is 0.161. The van der Waals surface area contributed by atoms with E-state index in [1.165, 1.54) is 4.90 Å². The van der Waals surface area contributed by atoms with Crippen molar-refractivity contribution < 1.29 is 19.1 Å². The van der Waals surface area contributed by atoms with Crippen LogP contribution in [-0.4, -0.2) is 28.7 Å². The third-order valence-corrected chi connectivity index (χ3v) is 6.98. The fourth-order valence-electron chi connectivity index (χ4n) is 5.48. The monoisotopic (exact) mass is 365 g/mol. The number of carbonyl (C=O) groups is 3. The van der Waals surface area contributed by atoms with Crippen molar-refractivity contribution in [2.75, 3.05) is 0 Å². The molecule has 0 aromatic heterocycles. The van der Waals surface area contributed by atoms with Crippen molar-refractivity contribution in [1.82, 2.24) is 4.90 Å². The van der Waals surface area contributed by atoms with Crippen LogP contribution < -0.4 is 4.74 Å². The van der Waals surface area contributed by atoms with E-state index in [0.717, 1.165) is 17.5 Å². The van der Waals surface area contributed by atoms with Crippen LogP contribution >= 0.6 is 0 Å². The summed E-state index contributed by atoms with van der Waals surface area (Å²) in [6.07, 6.45) is 5.39. The molecular weight excluding hydrogens is 342 g/mol. The molecule has 0 radical (unpaired) electrons. The lowest BCUT2D eigenvalue weighted by Crippen LogP contribution is -2.45. The van der Waals surface area contributed by atoms with Gasteiger partial charge in [-0.05, 0) is 68.1 Å². The lowest BCUT2D eigenvalue weighted by atomic mass is 9.63. The molecule has 4 aliphatic carbocycles. The molecule has 2 saturated carbocycles. The largest absolute Gasteiger partial charge is 0.425 e. The summed E-state index contributed by atoms with van der Waals surface area (Å²) < 4.78 is 5.55. The summed E-state index contributed by atoms with van der Waals surface area (Å²) in [5, 5.41) is 0. The number of hydrogen-bond donors (Lipinski definition) is 0. The molecule has 3 fully saturated rings. The van der Waals surface area contributed by atoms with Gasteiger partial charge in [-0.3, -0.25) is 14.5 Å². The summed E-state index contributed by atoms with van der Waals surface area (Å²) in [4.78, 5) is 40.1. The van der Waals surface area contributed by atoms with Gasteiger partial charge in [-0.2, -0.15) is 0 Å². The van der Waals surface area contributed by atoms with E-state index in [2.05, 4.69) is 12.2 Å². The Balaban J connectivity index is 1.39. The lowest BCUT2D eigenvalue weighted by molar-refractivity contribution is -0.152. The number of amides is 2. The van der Waals surface area contributed by atoms with Crippen molar-refractivity contribution in [1.29, 1.82) is 0 Å². The van der Waals surface area contributed by atoms with E-state index in [0.29, 0.717) is 17.6 Å². The quantitative estimate of drug-likeness (QED) is 0.358. The van der Waals surface area contributed by atoms with Crippen LogP contribution in [0.3, 0.4) is 0 Å². The van der Waals surface area contributed by atoms with Gasteiger partial charge in [0, 0.05) is 0 Å². The minimum atomic E-state index is -0.911. The average molecular weight is 365 g/mol. The fourth-order valence-corrected chi connectivity index (χ4v) is 5.48. The minimum Gasteiger partial charge on any atom is -0.425 e. The highest BCUT2D eigenvalue weighted by molar-refractivity contribution is 6.08. The van der Waals surface area contributed by atoms with E-state index < -0.39 is 12.0 Å². The molecule has 140 valence electrons. The molecule has 1 aromatic carbocycles. The molecule has 0 unspecified atom stereocenters. The van der Waals surface area contributed by atoms with Crippen molar-refractivity contribution >= 4 is 17.8 Å². The third-order valence-electron chi connectivity index (χ3n) is 6.98. The van der Waals surface area contributed by atoms with E-state index in [-0.39, 0.29) is 35.5 Å². The summed E-state index contributed by atoms with van der Waals surface area (Å²) in [5.41, 5.74) is 1.83. The topological polar surface area (TPSA) is 63.7 Å². The number of rotatable bonds is 3. The molecule has 1 heterocycles. The number of aryl methyl sites for hydroxylation is 2. The zero-order chi connectivity index (χ0) is 19.0. The zero-order valence-corrected chi connectivity index (χ0v) is 15.7. The molecule has 0 spiro atoms. The number of hydrogen-bond acceptors (Lipinski definition) is 4. The van der Waals surface area contributed by atoms with Crippen LogP contribution in [0.5, 0.6) is 5.75 Å². The highest BCUT2D eigenvalue weighted by Crippen LogP contribution is 2.65. The molecule has 0 N–H and O–H groups in total. The number of likely N-dealkylation sites (tertiary alicyclic amines) is 1. The Morgan fingerprint density at radius 3 is 2.26 bits per heavy atom. The predicted octanol–water partition coefficient (Wildman–Crippen LogP) is 2.65. The van der Waals surface area contributed by atoms with Crippen LogP contribution in [0.15, 0.2) is 30.4 Å². The lowest BCUT2D eigenvalue weighted by Gasteiger charge is -2.37. The standard InChI is InChI=1S/C22H23NO4/c1-10-4-5-11(2)17(8-10)27-22(26)12(3)23-20(24)18-13-6-7-14(16-9-15(13)16)19(18)21(23)25/h4-8,12-16,18-19H,9H2,1-3H3/t12-,13-,14-,15-,16+,18-,19+/m0/s1. The third kappa shape index (κ3) is 2.27. The van der Waals surface area contributed by atoms with E-state index in [1.807, 2.05) is 26.0 Å². The number of carbonyl (C=O) groups excluding carboxylic acids is 3. The van der Waals surface area contributed by atoms with Crippen LogP contribution in [0.2, 0.25) is 0 Å². The second-order valence-electron chi connectivity index (χ2n) is 8.57. The van der Waals surface area contributed by atoms with E-state index in [9.17, 15) is 14.4 Å². The van der Waals surface area contributed by atoms with Gasteiger partial charge in [-0.25, -0.2) is 4.79 Å². The number of esters is 1. The van der Waals surface area contributed by atoms with Crippen LogP contribution in [0.4, 0.5) is 0 Å². The van der Waals surface area contributed by atoms with Gasteiger partial charge in [-0.1, -0.05) is 24.3 Å². The molecule has 1 aromatic rings. The van der Waals surface area contributed by atoms with Crippen LogP contribution in [0, 0.1) is 49.4 Å². The number of ether oxygens (including phenoxy) is 1. The Morgan fingerprint density at radius 1 is 1.07 bits per heavy atom. The van der Waals surface area contributed by atoms with Crippen molar-refractivity contribution in [2.45, 2.75) is 33.2 Å². The second-order valence-corrected chi connectivity index (χ2v) is 8.57. The second kappa shape index (κ2) is 5.54. The van der Waals surface area contributed by atoms with Crippen molar-refractivity contribution in [3.63, 3.8) is 0 Å². The fraction of sp³-hybridized carbons (Fsp3) is 0.500. The van der Waals surface area contributed by atoms with Gasteiger partial charge in [0.2, 0.25) is 11.8 Å². The summed E-state index contributed by atoms with van der Waals surface area (Å²) in [6.45, 7) is 5.38. The van der Waals surface area contributed by atoms with Crippen molar-refractivity contribution in [3.8, 4) is 5.75 Å². The Morgan fingerprint density at radius 2 is 1.67 bits per heavy atom. The SMILES string of the molecule is Cc1ccc(C)c(OC(=O)[C@H](C)N2C(=O)[C@@H]3[C@H]4C=C[C@@H]([C@@H]5C[C@H]45)[C@@H]3C2=O)c1. The molecule has 5 aliphatic rings. The van der Waals surface area contributed by atoms with Crippen LogP contribution in [-0.2, 0) is 14.4 Å². The molecular formula is C22H23NO4. The van der Waals surface area contributed by atoms with Gasteiger partial charge >= 0.3 is 5.97 Å². The van der Waals surface area contributed by atoms with E-state index in [4.69, 9.17) is 4.74 Å². The first-order valence-electron chi connectivity index (χ1n) is 9.72. The molecule has 2 bridgehead atoms. The maximum atomic E-state index is 13.1. The molecule has 1 saturated heterocycles. The van der Waals surface area contributed by atoms with Gasteiger partial charge in [0.05, 0.1) is 11.8 Å². The molecule has 7 atom stereocenters. The summed E-state index contributed by atoms with van der Waals surface area (Å²) in [7, 11) is 0. The summed E-state index contributed by atoms with van der Waals surface area (Å²) >= 11 is 0. The average Bonchev–Trinajstić information content (AvgIpc) is 3.42. The first-order valence-corrected chi connectivity index (χ1v) is 9.72. The first-order chi connectivity index (χ1) is 12.9. The van der Waals surface area contributed by atoms with Gasteiger partial charge in [0.25, 0.3) is 0 Å². The van der Waals surface area contributed by atoms with E-state index in [1.54, 1.807) is 13.0 Å². The normalized spacial score (nSPS) is 36.5. The molecule has 5 heteroatoms. The molecule has 1 aliphatic heterocycles. The number of imide groups is 1. The van der Waals surface area contributed by atoms with Gasteiger partial charge in [-0.15, -0.1) is 0 Å². The van der Waals surface area contributed by atoms with Crippen LogP contribution in [0.1, 0.15) is 24.5 Å². The number of benzene rings is 1. The molecule has 5 nitrogen and oxygen atoms in total. The molecule has 27 heavy (non-hydrogen) atoms. The Labute approximate surface area is 158 Å². The first kappa shape index (κ1) is 16.7. The summed E-state index contributed by atoms with van der Waals surface area (Å²) in [6, 6.07) is 4.72. The van der Waals surface area contributed by atoms with Crippen molar-refractivity contribution in [2.24, 2.45) is 35.5 Å². The Hall–Kier alpha value is -2.43. The maximum absolute atomic E-state index is 13.1. The maximum Gasteiger partial charge on any atom is 0.334 e.